The Morgan fingerprint density at radius 3 is 2.64 bits per heavy atom. The molecule has 1 amide bonds. The zero-order valence-electron chi connectivity index (χ0n) is 13.9. The Morgan fingerprint density at radius 2 is 1.92 bits per heavy atom. The van der Waals surface area contributed by atoms with Crippen molar-refractivity contribution in [2.45, 2.75) is 20.8 Å². The summed E-state index contributed by atoms with van der Waals surface area (Å²) in [6.45, 7) is 5.33. The number of nitrogens with one attached hydrogen (secondary N) is 2. The van der Waals surface area contributed by atoms with Crippen LogP contribution >= 0.6 is 11.6 Å². The molecule has 25 heavy (non-hydrogen) atoms. The van der Waals surface area contributed by atoms with Gasteiger partial charge in [-0.25, -0.2) is 9.97 Å². The molecule has 2 heterocycles. The largest absolute Gasteiger partial charge is 0.360 e. The second kappa shape index (κ2) is 6.90. The van der Waals surface area contributed by atoms with Crippen molar-refractivity contribution >= 4 is 34.8 Å². The van der Waals surface area contributed by atoms with E-state index >= 15 is 0 Å². The second-order valence-electron chi connectivity index (χ2n) is 5.50. The minimum absolute atomic E-state index is 0.231. The molecular weight excluding hydrogens is 342 g/mol. The smallest absolute Gasteiger partial charge is 0.274 e. The molecule has 0 unspecified atom stereocenters. The second-order valence-corrected chi connectivity index (χ2v) is 5.91. The summed E-state index contributed by atoms with van der Waals surface area (Å²) in [4.78, 5) is 21.0. The monoisotopic (exact) mass is 357 g/mol. The highest BCUT2D eigenvalue weighted by atomic mass is 35.5. The third-order valence-corrected chi connectivity index (χ3v) is 3.88. The van der Waals surface area contributed by atoms with Crippen molar-refractivity contribution in [2.24, 2.45) is 0 Å². The fourth-order valence-electron chi connectivity index (χ4n) is 2.23. The molecule has 0 saturated carbocycles. The van der Waals surface area contributed by atoms with Crippen LogP contribution in [-0.2, 0) is 0 Å². The van der Waals surface area contributed by atoms with Crippen LogP contribution in [0.1, 0.15) is 27.6 Å². The fourth-order valence-corrected chi connectivity index (χ4v) is 2.41. The number of aryl methyl sites for hydroxylation is 2. The van der Waals surface area contributed by atoms with Crippen LogP contribution in [0.2, 0.25) is 5.02 Å². The van der Waals surface area contributed by atoms with E-state index in [1.807, 2.05) is 6.92 Å². The summed E-state index contributed by atoms with van der Waals surface area (Å²) < 4.78 is 5.00. The maximum Gasteiger partial charge on any atom is 0.274 e. The molecule has 0 atom stereocenters. The Bertz CT molecular complexity index is 939. The lowest BCUT2D eigenvalue weighted by Crippen LogP contribution is -2.16. The molecule has 0 fully saturated rings. The van der Waals surface area contributed by atoms with Crippen molar-refractivity contribution < 1.29 is 9.32 Å². The van der Waals surface area contributed by atoms with Gasteiger partial charge in [-0.05, 0) is 38.5 Å². The van der Waals surface area contributed by atoms with Crippen LogP contribution in [0.3, 0.4) is 0 Å². The van der Waals surface area contributed by atoms with E-state index in [4.69, 9.17) is 16.1 Å². The number of hydrogen-bond donors (Lipinski definition) is 2. The summed E-state index contributed by atoms with van der Waals surface area (Å²) in [5.74, 6) is 1.73. The molecule has 2 N–H and O–H groups in total. The van der Waals surface area contributed by atoms with Gasteiger partial charge in [0.15, 0.2) is 5.82 Å². The number of anilines is 3. The van der Waals surface area contributed by atoms with Gasteiger partial charge in [-0.3, -0.25) is 4.79 Å². The van der Waals surface area contributed by atoms with Gasteiger partial charge in [0.1, 0.15) is 23.1 Å². The molecular formula is C17H16ClN5O2. The molecule has 1 aromatic carbocycles. The predicted octanol–water partition coefficient (Wildman–Crippen LogP) is 4.04. The first-order chi connectivity index (χ1) is 11.9. The van der Waals surface area contributed by atoms with Crippen LogP contribution in [0.5, 0.6) is 0 Å². The van der Waals surface area contributed by atoms with E-state index < -0.39 is 0 Å². The highest BCUT2D eigenvalue weighted by Crippen LogP contribution is 2.23. The van der Waals surface area contributed by atoms with Gasteiger partial charge in [-0.15, -0.1) is 0 Å². The lowest BCUT2D eigenvalue weighted by molar-refractivity contribution is 0.102. The van der Waals surface area contributed by atoms with Gasteiger partial charge in [0.05, 0.1) is 0 Å². The van der Waals surface area contributed by atoms with E-state index in [2.05, 4.69) is 25.8 Å². The fraction of sp³-hybridized carbons (Fsp3) is 0.176. The Morgan fingerprint density at radius 1 is 1.12 bits per heavy atom. The van der Waals surface area contributed by atoms with Crippen LogP contribution in [0.15, 0.2) is 34.9 Å². The van der Waals surface area contributed by atoms with Crippen LogP contribution in [0, 0.1) is 20.8 Å². The van der Waals surface area contributed by atoms with Gasteiger partial charge in [0.2, 0.25) is 0 Å². The Labute approximate surface area is 149 Å². The molecule has 7 nitrogen and oxygen atoms in total. The molecule has 3 aromatic rings. The highest BCUT2D eigenvalue weighted by Gasteiger charge is 2.13. The van der Waals surface area contributed by atoms with Gasteiger partial charge in [0.25, 0.3) is 5.91 Å². The van der Waals surface area contributed by atoms with E-state index in [9.17, 15) is 4.79 Å². The van der Waals surface area contributed by atoms with Gasteiger partial charge >= 0.3 is 0 Å². The molecule has 0 saturated heterocycles. The topological polar surface area (TPSA) is 92.9 Å². The zero-order valence-corrected chi connectivity index (χ0v) is 14.7. The van der Waals surface area contributed by atoms with Crippen molar-refractivity contribution in [3.05, 3.63) is 58.2 Å². The molecule has 0 radical (unpaired) electrons. The van der Waals surface area contributed by atoms with Crippen molar-refractivity contribution in [3.8, 4) is 0 Å². The van der Waals surface area contributed by atoms with Crippen molar-refractivity contribution in [1.82, 2.24) is 15.1 Å². The van der Waals surface area contributed by atoms with Gasteiger partial charge in [-0.2, -0.15) is 0 Å². The third kappa shape index (κ3) is 3.95. The SMILES string of the molecule is Cc1nc(Nc2cc(C)on2)cc(C(=O)Nc2cccc(Cl)c2C)n1. The van der Waals surface area contributed by atoms with Crippen molar-refractivity contribution in [3.63, 3.8) is 0 Å². The normalized spacial score (nSPS) is 10.6. The number of benzene rings is 1. The standard InChI is InChI=1S/C17H16ClN5O2/c1-9-7-16(23-25-9)22-15-8-14(19-11(3)20-15)17(24)21-13-6-4-5-12(18)10(13)2/h4-8H,1-3H3,(H,21,24)(H,19,20,22,23). The highest BCUT2D eigenvalue weighted by molar-refractivity contribution is 6.31. The first-order valence-electron chi connectivity index (χ1n) is 7.55. The van der Waals surface area contributed by atoms with E-state index in [0.717, 1.165) is 5.56 Å². The maximum atomic E-state index is 12.5. The zero-order chi connectivity index (χ0) is 18.0. The van der Waals surface area contributed by atoms with E-state index in [1.165, 1.54) is 0 Å². The molecule has 3 rings (SSSR count). The first-order valence-corrected chi connectivity index (χ1v) is 7.92. The third-order valence-electron chi connectivity index (χ3n) is 3.47. The van der Waals surface area contributed by atoms with Gasteiger partial charge in [-0.1, -0.05) is 22.8 Å². The average molecular weight is 358 g/mol. The number of carbonyl (C=O) groups excluding carboxylic acids is 1. The number of carbonyl (C=O) groups is 1. The van der Waals surface area contributed by atoms with Crippen LogP contribution in [0.25, 0.3) is 0 Å². The lowest BCUT2D eigenvalue weighted by Gasteiger charge is -2.10. The van der Waals surface area contributed by atoms with E-state index in [-0.39, 0.29) is 11.6 Å². The Hall–Kier alpha value is -2.93. The van der Waals surface area contributed by atoms with Crippen LogP contribution in [0.4, 0.5) is 17.3 Å². The average Bonchev–Trinajstić information content (AvgIpc) is 2.96. The quantitative estimate of drug-likeness (QED) is 0.732. The summed E-state index contributed by atoms with van der Waals surface area (Å²) in [6.07, 6.45) is 0. The summed E-state index contributed by atoms with van der Waals surface area (Å²) in [7, 11) is 0. The molecule has 0 spiro atoms. The van der Waals surface area contributed by atoms with Crippen molar-refractivity contribution in [2.75, 3.05) is 10.6 Å². The molecule has 8 heteroatoms. The number of rotatable bonds is 4. The van der Waals surface area contributed by atoms with Crippen molar-refractivity contribution in [1.29, 1.82) is 0 Å². The molecule has 0 aliphatic carbocycles. The van der Waals surface area contributed by atoms with E-state index in [1.54, 1.807) is 44.2 Å². The number of halogens is 1. The number of aromatic nitrogens is 3. The van der Waals surface area contributed by atoms with Gasteiger partial charge in [0, 0.05) is 22.8 Å². The summed E-state index contributed by atoms with van der Waals surface area (Å²) in [5, 5.41) is 10.2. The minimum atomic E-state index is -0.352. The van der Waals surface area contributed by atoms with Crippen LogP contribution in [-0.4, -0.2) is 21.0 Å². The summed E-state index contributed by atoms with van der Waals surface area (Å²) in [6, 6.07) is 8.60. The predicted molar refractivity (Wildman–Crippen MR) is 95.4 cm³/mol. The lowest BCUT2D eigenvalue weighted by atomic mass is 10.2. The Balaban J connectivity index is 1.84. The number of nitrogens with zero attached hydrogens (tertiary/aromatic N) is 3. The molecule has 0 aliphatic rings. The number of hydrogen-bond acceptors (Lipinski definition) is 6. The summed E-state index contributed by atoms with van der Waals surface area (Å²) >= 11 is 6.08. The molecule has 0 aliphatic heterocycles. The minimum Gasteiger partial charge on any atom is -0.360 e. The first kappa shape index (κ1) is 16.9. The molecule has 0 bridgehead atoms. The van der Waals surface area contributed by atoms with Crippen LogP contribution < -0.4 is 10.6 Å². The maximum absolute atomic E-state index is 12.5. The molecule has 2 aromatic heterocycles. The number of amides is 1. The Kier molecular flexibility index (Phi) is 4.67. The van der Waals surface area contributed by atoms with Gasteiger partial charge < -0.3 is 15.2 Å². The summed E-state index contributed by atoms with van der Waals surface area (Å²) in [5.41, 5.74) is 1.66. The van der Waals surface area contributed by atoms with E-state index in [0.29, 0.717) is 33.9 Å². The molecule has 128 valence electrons.